The van der Waals surface area contributed by atoms with Gasteiger partial charge in [0.1, 0.15) is 33.5 Å². The minimum Gasteiger partial charge on any atom is -0.456 e. The van der Waals surface area contributed by atoms with Crippen molar-refractivity contribution in [3.63, 3.8) is 0 Å². The van der Waals surface area contributed by atoms with Gasteiger partial charge in [-0.3, -0.25) is 0 Å². The number of aromatic nitrogens is 3. The molecule has 0 saturated heterocycles. The van der Waals surface area contributed by atoms with Crippen molar-refractivity contribution in [2.45, 2.75) is 0 Å². The molecule has 6 aromatic heterocycles. The lowest BCUT2D eigenvalue weighted by molar-refractivity contribution is 0.669. The van der Waals surface area contributed by atoms with Gasteiger partial charge in [0, 0.05) is 123 Å². The normalized spacial score (nSPS) is 11.5. The second-order valence-corrected chi connectivity index (χ2v) is 38.5. The summed E-state index contributed by atoms with van der Waals surface area (Å²) in [6.07, 6.45) is 6.84. The topological polar surface area (TPSA) is 54.2 Å². The molecule has 0 amide bonds. The monoisotopic (exact) mass is 1910 g/mol. The van der Waals surface area contributed by atoms with Gasteiger partial charge in [-0.05, 0) is 214 Å². The lowest BCUT2D eigenvalue weighted by Gasteiger charge is -2.09. The number of rotatable bonds is 17. The summed E-state index contributed by atoms with van der Waals surface area (Å²) in [6.45, 7) is 0. The Morgan fingerprint density at radius 1 is 0.113 bits per heavy atom. The molecule has 0 bridgehead atoms. The third-order valence-corrected chi connectivity index (χ3v) is 29.6. The van der Waals surface area contributed by atoms with Crippen LogP contribution in [0.3, 0.4) is 0 Å². The number of benzene rings is 23. The molecule has 0 N–H and O–H groups in total. The summed E-state index contributed by atoms with van der Waals surface area (Å²) in [4.78, 5) is 0. The highest BCUT2D eigenvalue weighted by atomic mass is 16.3. The number of furan rings is 3. The first-order chi connectivity index (χ1) is 74.3. The van der Waals surface area contributed by atoms with E-state index in [4.69, 9.17) is 13.3 Å². The molecule has 6 heteroatoms. The third-order valence-electron chi connectivity index (χ3n) is 29.6. The lowest BCUT2D eigenvalue weighted by Crippen LogP contribution is -1.92. The van der Waals surface area contributed by atoms with Crippen LogP contribution in [0.25, 0.3) is 271 Å². The number of hydrogen-bond donors (Lipinski definition) is 0. The van der Waals surface area contributed by atoms with E-state index >= 15 is 0 Å². The average Bonchev–Trinajstić information content (AvgIpc) is 1.61. The quantitative estimate of drug-likeness (QED) is 0.0913. The van der Waals surface area contributed by atoms with E-state index in [1.54, 1.807) is 0 Å². The highest BCUT2D eigenvalue weighted by Gasteiger charge is 2.24. The van der Waals surface area contributed by atoms with E-state index in [1.807, 2.05) is 12.1 Å². The number of fused-ring (bicyclic) bond motifs is 12. The summed E-state index contributed by atoms with van der Waals surface area (Å²) < 4.78 is 26.6. The molecular formula is C144H95N3O3. The minimum absolute atomic E-state index is 0.905. The van der Waals surface area contributed by atoms with Crippen LogP contribution in [0.5, 0.6) is 0 Å². The van der Waals surface area contributed by atoms with Gasteiger partial charge in [-0.1, -0.05) is 461 Å². The summed E-state index contributed by atoms with van der Waals surface area (Å²) in [5.41, 5.74) is 45.4. The van der Waals surface area contributed by atoms with Gasteiger partial charge in [0.15, 0.2) is 0 Å². The Morgan fingerprint density at radius 3 is 0.560 bits per heavy atom. The van der Waals surface area contributed by atoms with Gasteiger partial charge in [-0.25, -0.2) is 0 Å². The second kappa shape index (κ2) is 38.6. The van der Waals surface area contributed by atoms with E-state index in [9.17, 15) is 0 Å². The summed E-state index contributed by atoms with van der Waals surface area (Å²) in [5.74, 6) is 0. The van der Waals surface area contributed by atoms with Gasteiger partial charge >= 0.3 is 0 Å². The Kier molecular flexibility index (Phi) is 22.9. The van der Waals surface area contributed by atoms with E-state index in [-0.39, 0.29) is 0 Å². The average molecular weight is 1920 g/mol. The van der Waals surface area contributed by atoms with Crippen LogP contribution in [-0.2, 0) is 0 Å². The van der Waals surface area contributed by atoms with Crippen molar-refractivity contribution >= 4 is 98.5 Å². The fourth-order valence-corrected chi connectivity index (χ4v) is 22.0. The molecule has 0 fully saturated rings. The number of hydrogen-bond acceptors (Lipinski definition) is 3. The first-order valence-corrected chi connectivity index (χ1v) is 51.2. The van der Waals surface area contributed by atoms with E-state index < -0.39 is 0 Å². The van der Waals surface area contributed by atoms with Crippen LogP contribution < -0.4 is 0 Å². The van der Waals surface area contributed by atoms with Crippen LogP contribution in [0.1, 0.15) is 0 Å². The molecular weight excluding hydrogens is 1820 g/mol. The van der Waals surface area contributed by atoms with Gasteiger partial charge in [-0.15, -0.1) is 0 Å². The van der Waals surface area contributed by atoms with Crippen LogP contribution in [0.15, 0.2) is 590 Å². The highest BCUT2D eigenvalue weighted by Crippen LogP contribution is 2.48. The molecule has 0 radical (unpaired) electrons. The van der Waals surface area contributed by atoms with Crippen molar-refractivity contribution in [2.75, 3.05) is 0 Å². The summed E-state index contributed by atoms with van der Waals surface area (Å²) in [7, 11) is 0. The zero-order valence-corrected chi connectivity index (χ0v) is 81.9. The van der Waals surface area contributed by atoms with Crippen LogP contribution in [0, 0.1) is 0 Å². The second-order valence-electron chi connectivity index (χ2n) is 38.5. The van der Waals surface area contributed by atoms with Crippen LogP contribution in [-0.4, -0.2) is 13.7 Å². The molecule has 29 rings (SSSR count). The van der Waals surface area contributed by atoms with Crippen molar-refractivity contribution in [2.24, 2.45) is 0 Å². The summed E-state index contributed by atoms with van der Waals surface area (Å²) in [5, 5.41) is 10.5. The molecule has 0 saturated carbocycles. The molecule has 0 aliphatic heterocycles. The van der Waals surface area contributed by atoms with Gasteiger partial charge in [0.2, 0.25) is 0 Å². The molecule has 6 heterocycles. The van der Waals surface area contributed by atoms with E-state index in [2.05, 4.69) is 578 Å². The lowest BCUT2D eigenvalue weighted by atomic mass is 9.97. The van der Waals surface area contributed by atoms with Crippen molar-refractivity contribution in [3.8, 4) is 173 Å². The van der Waals surface area contributed by atoms with Gasteiger partial charge in [0.05, 0.1) is 16.6 Å². The number of nitrogens with zero attached hydrogens (tertiary/aromatic N) is 3. The molecule has 0 atom stereocenters. The molecule has 23 aromatic carbocycles. The van der Waals surface area contributed by atoms with E-state index in [0.29, 0.717) is 0 Å². The molecule has 0 aliphatic rings. The van der Waals surface area contributed by atoms with Crippen molar-refractivity contribution < 1.29 is 13.3 Å². The zero-order valence-electron chi connectivity index (χ0n) is 81.9. The SMILES string of the molecule is c1ccc(-c2ccc(-c3ccc4c(c3)c(-c3ccc(-c5ccccc5)cc3)cn4-c3ccc(-c4cccc5c4oc4c(-c6ccccc6)cccc45)cc3)cc2)cc1.c1ccc(-c2ccc3c(c2)c(-c2ccccc2)cn3-c2ccc(-c3ccc4oc5ccc(-c6ccccc6)cc5c4c3)cc2)cc1.c1ccc(-c2ccc3c(c2)c(-c2ccccc2)cn3-c2ccc(-c3cccc4c3oc3c(-c5ccccc5)cccc34)cc2)cc1. The Labute approximate surface area is 868 Å². The maximum absolute atomic E-state index is 6.76. The van der Waals surface area contributed by atoms with Gasteiger partial charge in [-0.2, -0.15) is 0 Å². The van der Waals surface area contributed by atoms with Gasteiger partial charge in [0.25, 0.3) is 0 Å². The van der Waals surface area contributed by atoms with Gasteiger partial charge < -0.3 is 27.0 Å². The van der Waals surface area contributed by atoms with Crippen LogP contribution in [0.4, 0.5) is 0 Å². The van der Waals surface area contributed by atoms with E-state index in [1.165, 1.54) is 138 Å². The predicted molar refractivity (Wildman–Crippen MR) is 628 cm³/mol. The largest absolute Gasteiger partial charge is 0.456 e. The fourth-order valence-electron chi connectivity index (χ4n) is 22.0. The van der Waals surface area contributed by atoms with E-state index in [0.717, 1.165) is 133 Å². The van der Waals surface area contributed by atoms with Crippen LogP contribution in [0.2, 0.25) is 0 Å². The first-order valence-electron chi connectivity index (χ1n) is 51.2. The molecule has 0 aliphatic carbocycles. The Morgan fingerprint density at radius 2 is 0.293 bits per heavy atom. The molecule has 6 nitrogen and oxygen atoms in total. The van der Waals surface area contributed by atoms with Crippen molar-refractivity contribution in [1.82, 2.24) is 13.7 Å². The molecule has 0 unspecified atom stereocenters. The van der Waals surface area contributed by atoms with Crippen molar-refractivity contribution in [3.05, 3.63) is 577 Å². The molecule has 150 heavy (non-hydrogen) atoms. The Hall–Kier alpha value is -19.9. The highest BCUT2D eigenvalue weighted by molar-refractivity contribution is 6.16. The summed E-state index contributed by atoms with van der Waals surface area (Å²) in [6, 6.07) is 199. The molecule has 29 aromatic rings. The van der Waals surface area contributed by atoms with Crippen LogP contribution >= 0.6 is 0 Å². The zero-order chi connectivity index (χ0) is 99.3. The Balaban J connectivity index is 0.000000112. The summed E-state index contributed by atoms with van der Waals surface area (Å²) >= 11 is 0. The smallest absolute Gasteiger partial charge is 0.143 e. The Bertz CT molecular complexity index is 10000. The molecule has 704 valence electrons. The maximum atomic E-state index is 6.76. The standard InChI is InChI=1S/C56H37NO.2C44H29NO/c1-4-12-38(13-5-1)40-22-24-42(25-23-40)46-32-35-54-52(36-46)53(45-28-26-41(27-29-45)39-14-6-2-7-15-39)37-57(54)47-33-30-44(31-34-47)49-19-11-21-51-50-20-10-18-48(55(50)58-56(49)51)43-16-8-3-9-17-43;1-4-12-30(13-5-1)34-24-27-42-40(28-34)41(32-16-8-3-9-17-32)29-45(42)35-25-22-33(23-26-35)37-19-11-21-39-38-20-10-18-36(43(38)46-44(37)39)31-14-6-2-7-15-31;1-4-10-30(11-5-1)34-18-23-42-38(26-34)41(33-14-8-3-9-15-33)29-45(42)37-21-16-32(17-22-37)36-20-25-44-40(28-36)39-27-35(19-24-43(39)46-44)31-12-6-2-7-13-31/h1-37H;2*1-29H. The molecule has 0 spiro atoms. The minimum atomic E-state index is 0.905. The fraction of sp³-hybridized carbons (Fsp3) is 0. The maximum Gasteiger partial charge on any atom is 0.143 e. The predicted octanol–water partition coefficient (Wildman–Crippen LogP) is 39.9. The van der Waals surface area contributed by atoms with Crippen molar-refractivity contribution in [1.29, 1.82) is 0 Å². The first kappa shape index (κ1) is 89.0. The number of para-hydroxylation sites is 4. The third kappa shape index (κ3) is 16.8.